The number of rotatable bonds is 6. The van der Waals surface area contributed by atoms with E-state index in [0.717, 1.165) is 16.3 Å². The molecule has 1 aliphatic heterocycles. The zero-order valence-corrected chi connectivity index (χ0v) is 16.5. The molecule has 0 amide bonds. The van der Waals surface area contributed by atoms with Gasteiger partial charge in [0.25, 0.3) is 10.0 Å². The zero-order chi connectivity index (χ0) is 19.6. The monoisotopic (exact) mass is 394 g/mol. The highest BCUT2D eigenvalue weighted by atomic mass is 32.2. The Morgan fingerprint density at radius 1 is 1.00 bits per heavy atom. The first-order valence-corrected chi connectivity index (χ1v) is 10.8. The molecule has 0 aromatic heterocycles. The fraction of sp³-hybridized carbons (Fsp3) is 0.227. The van der Waals surface area contributed by atoms with E-state index in [0.29, 0.717) is 37.7 Å². The van der Waals surface area contributed by atoms with E-state index in [-0.39, 0.29) is 4.90 Å². The number of nitrogens with zero attached hydrogens (tertiary/aromatic N) is 2. The summed E-state index contributed by atoms with van der Waals surface area (Å²) in [6.07, 6.45) is 0.484. The minimum Gasteiger partial charge on any atom is -0.494 e. The van der Waals surface area contributed by atoms with E-state index in [9.17, 15) is 8.42 Å². The topological polar surface area (TPSA) is 59.0 Å². The fourth-order valence-electron chi connectivity index (χ4n) is 3.50. The average molecular weight is 394 g/mol. The smallest absolute Gasteiger partial charge is 0.265 e. The van der Waals surface area contributed by atoms with E-state index < -0.39 is 10.0 Å². The van der Waals surface area contributed by atoms with Crippen molar-refractivity contribution in [2.45, 2.75) is 18.2 Å². The Balaban J connectivity index is 1.62. The molecular weight excluding hydrogens is 372 g/mol. The van der Waals surface area contributed by atoms with Crippen LogP contribution in [0.4, 0.5) is 0 Å². The van der Waals surface area contributed by atoms with Gasteiger partial charge in [-0.15, -0.1) is 0 Å². The van der Waals surface area contributed by atoms with Gasteiger partial charge in [0.1, 0.15) is 11.6 Å². The lowest BCUT2D eigenvalue weighted by Gasteiger charge is -2.21. The molecule has 0 bridgehead atoms. The Labute approximate surface area is 165 Å². The summed E-state index contributed by atoms with van der Waals surface area (Å²) in [6.45, 7) is 3.29. The van der Waals surface area contributed by atoms with Gasteiger partial charge in [-0.25, -0.2) is 8.42 Å². The molecular formula is C22H22N2O3S. The van der Waals surface area contributed by atoms with Crippen molar-refractivity contribution < 1.29 is 13.2 Å². The molecule has 28 heavy (non-hydrogen) atoms. The van der Waals surface area contributed by atoms with E-state index in [1.165, 1.54) is 4.31 Å². The van der Waals surface area contributed by atoms with Gasteiger partial charge >= 0.3 is 0 Å². The first-order valence-electron chi connectivity index (χ1n) is 9.35. The van der Waals surface area contributed by atoms with Crippen molar-refractivity contribution in [3.63, 3.8) is 0 Å². The van der Waals surface area contributed by atoms with Crippen molar-refractivity contribution in [3.05, 3.63) is 72.3 Å². The third-order valence-electron chi connectivity index (χ3n) is 4.84. The molecule has 0 N–H and O–H groups in total. The SMILES string of the molecule is CCOc1ccc(S(=O)(=O)N2CCN=C2Cc2cccc3ccccc23)cc1. The lowest BCUT2D eigenvalue weighted by molar-refractivity contribution is 0.340. The Hall–Kier alpha value is -2.86. The number of benzene rings is 3. The third-order valence-corrected chi connectivity index (χ3v) is 6.68. The van der Waals surface area contributed by atoms with Gasteiger partial charge in [-0.3, -0.25) is 9.30 Å². The minimum atomic E-state index is -3.65. The van der Waals surface area contributed by atoms with Crippen LogP contribution < -0.4 is 4.74 Å². The number of sulfonamides is 1. The van der Waals surface area contributed by atoms with Crippen molar-refractivity contribution in [1.29, 1.82) is 0 Å². The van der Waals surface area contributed by atoms with Gasteiger partial charge in [0.05, 0.1) is 24.6 Å². The van der Waals surface area contributed by atoms with Crippen LogP contribution in [0.2, 0.25) is 0 Å². The summed E-state index contributed by atoms with van der Waals surface area (Å²) in [6, 6.07) is 20.8. The largest absolute Gasteiger partial charge is 0.494 e. The van der Waals surface area contributed by atoms with Crippen LogP contribution in [0, 0.1) is 0 Å². The molecule has 0 fully saturated rings. The molecule has 0 atom stereocenters. The second kappa shape index (κ2) is 7.64. The second-order valence-corrected chi connectivity index (χ2v) is 8.46. The van der Waals surface area contributed by atoms with E-state index in [1.54, 1.807) is 24.3 Å². The summed E-state index contributed by atoms with van der Waals surface area (Å²) in [5.74, 6) is 1.25. The zero-order valence-electron chi connectivity index (χ0n) is 15.7. The molecule has 0 radical (unpaired) electrons. The van der Waals surface area contributed by atoms with Crippen molar-refractivity contribution in [2.75, 3.05) is 19.7 Å². The van der Waals surface area contributed by atoms with Crippen LogP contribution in [-0.4, -0.2) is 38.3 Å². The van der Waals surface area contributed by atoms with Gasteiger partial charge in [0.2, 0.25) is 0 Å². The Morgan fingerprint density at radius 3 is 2.54 bits per heavy atom. The summed E-state index contributed by atoms with van der Waals surface area (Å²) in [5.41, 5.74) is 1.07. The highest BCUT2D eigenvalue weighted by molar-refractivity contribution is 7.89. The number of hydrogen-bond donors (Lipinski definition) is 0. The van der Waals surface area contributed by atoms with Gasteiger partial charge in [-0.2, -0.15) is 0 Å². The van der Waals surface area contributed by atoms with E-state index >= 15 is 0 Å². The minimum absolute atomic E-state index is 0.253. The molecule has 0 saturated heterocycles. The first-order chi connectivity index (χ1) is 13.6. The Kier molecular flexibility index (Phi) is 5.05. The lowest BCUT2D eigenvalue weighted by Crippen LogP contribution is -2.35. The second-order valence-electron chi connectivity index (χ2n) is 6.59. The summed E-state index contributed by atoms with van der Waals surface area (Å²) in [7, 11) is -3.65. The normalized spacial score (nSPS) is 14.3. The Morgan fingerprint density at radius 2 is 1.75 bits per heavy atom. The highest BCUT2D eigenvalue weighted by Crippen LogP contribution is 2.25. The average Bonchev–Trinajstić information content (AvgIpc) is 3.18. The number of amidine groups is 1. The van der Waals surface area contributed by atoms with Crippen LogP contribution in [0.15, 0.2) is 76.6 Å². The number of aliphatic imine (C=N–C) groups is 1. The van der Waals surface area contributed by atoms with Crippen LogP contribution in [-0.2, 0) is 16.4 Å². The predicted molar refractivity (Wildman–Crippen MR) is 111 cm³/mol. The number of ether oxygens (including phenoxy) is 1. The molecule has 5 nitrogen and oxygen atoms in total. The third kappa shape index (κ3) is 3.47. The van der Waals surface area contributed by atoms with Gasteiger partial charge in [0.15, 0.2) is 0 Å². The van der Waals surface area contributed by atoms with Crippen LogP contribution in [0.1, 0.15) is 12.5 Å². The van der Waals surface area contributed by atoms with Crippen molar-refractivity contribution in [2.24, 2.45) is 4.99 Å². The van der Waals surface area contributed by atoms with Crippen molar-refractivity contribution in [3.8, 4) is 5.75 Å². The standard InChI is InChI=1S/C22H22N2O3S/c1-2-27-19-10-12-20(13-11-19)28(25,26)24-15-14-23-22(24)16-18-8-5-7-17-6-3-4-9-21(17)18/h3-13H,2,14-16H2,1H3. The summed E-state index contributed by atoms with van der Waals surface area (Å²) in [4.78, 5) is 4.75. The van der Waals surface area contributed by atoms with E-state index in [2.05, 4.69) is 23.2 Å². The number of fused-ring (bicyclic) bond motifs is 1. The molecule has 0 aliphatic carbocycles. The summed E-state index contributed by atoms with van der Waals surface area (Å²) < 4.78 is 33.2. The van der Waals surface area contributed by atoms with Crippen molar-refractivity contribution >= 4 is 26.6 Å². The van der Waals surface area contributed by atoms with Crippen LogP contribution >= 0.6 is 0 Å². The molecule has 3 aromatic carbocycles. The molecule has 144 valence electrons. The number of hydrogen-bond acceptors (Lipinski definition) is 4. The molecule has 3 aromatic rings. The molecule has 0 spiro atoms. The molecule has 6 heteroatoms. The first kappa shape index (κ1) is 18.5. The van der Waals surface area contributed by atoms with Crippen LogP contribution in [0.3, 0.4) is 0 Å². The van der Waals surface area contributed by atoms with Crippen LogP contribution in [0.25, 0.3) is 10.8 Å². The molecule has 1 aliphatic rings. The quantitative estimate of drug-likeness (QED) is 0.637. The van der Waals surface area contributed by atoms with E-state index in [4.69, 9.17) is 4.74 Å². The van der Waals surface area contributed by atoms with Gasteiger partial charge in [0, 0.05) is 6.42 Å². The summed E-state index contributed by atoms with van der Waals surface area (Å²) >= 11 is 0. The predicted octanol–water partition coefficient (Wildman–Crippen LogP) is 3.88. The maximum absolute atomic E-state index is 13.2. The fourth-order valence-corrected chi connectivity index (χ4v) is 4.96. The van der Waals surface area contributed by atoms with Gasteiger partial charge < -0.3 is 4.74 Å². The molecule has 4 rings (SSSR count). The van der Waals surface area contributed by atoms with Crippen molar-refractivity contribution in [1.82, 2.24) is 4.31 Å². The van der Waals surface area contributed by atoms with Crippen LogP contribution in [0.5, 0.6) is 5.75 Å². The molecule has 0 saturated carbocycles. The lowest BCUT2D eigenvalue weighted by atomic mass is 10.0. The van der Waals surface area contributed by atoms with Gasteiger partial charge in [-0.1, -0.05) is 42.5 Å². The Bertz CT molecular complexity index is 1120. The summed E-state index contributed by atoms with van der Waals surface area (Å²) in [5, 5.41) is 2.26. The highest BCUT2D eigenvalue weighted by Gasteiger charge is 2.30. The molecule has 1 heterocycles. The molecule has 0 unspecified atom stereocenters. The maximum atomic E-state index is 13.2. The maximum Gasteiger partial charge on any atom is 0.265 e. The van der Waals surface area contributed by atoms with Gasteiger partial charge in [-0.05, 0) is 47.5 Å². The van der Waals surface area contributed by atoms with E-state index in [1.807, 2.05) is 31.2 Å².